The maximum absolute atomic E-state index is 12.4. The van der Waals surface area contributed by atoms with Gasteiger partial charge in [-0.05, 0) is 42.2 Å². The van der Waals surface area contributed by atoms with Gasteiger partial charge in [0.1, 0.15) is 12.4 Å². The number of hydrogen-bond donors (Lipinski definition) is 0. The van der Waals surface area contributed by atoms with Gasteiger partial charge in [0.25, 0.3) is 5.56 Å². The van der Waals surface area contributed by atoms with Crippen molar-refractivity contribution in [3.05, 3.63) is 70.8 Å². The summed E-state index contributed by atoms with van der Waals surface area (Å²) >= 11 is 0. The Kier molecular flexibility index (Phi) is 4.94. The van der Waals surface area contributed by atoms with Crippen molar-refractivity contribution in [1.29, 1.82) is 0 Å². The van der Waals surface area contributed by atoms with E-state index < -0.39 is 0 Å². The number of rotatable bonds is 6. The number of para-hydroxylation sites is 1. The summed E-state index contributed by atoms with van der Waals surface area (Å²) in [5, 5.41) is 0.637. The Morgan fingerprint density at radius 3 is 2.62 bits per heavy atom. The fourth-order valence-corrected chi connectivity index (χ4v) is 2.66. The lowest BCUT2D eigenvalue weighted by Crippen LogP contribution is -2.23. The molecule has 0 saturated heterocycles. The molecule has 0 saturated carbocycles. The molecule has 4 nitrogen and oxygen atoms in total. The number of benzene rings is 2. The molecule has 1 aromatic heterocycles. The smallest absolute Gasteiger partial charge is 0.261 e. The molecule has 0 aliphatic rings. The molecule has 0 amide bonds. The minimum atomic E-state index is -0.0312. The van der Waals surface area contributed by atoms with Gasteiger partial charge in [0.2, 0.25) is 0 Å². The fraction of sp³-hybridized carbons (Fsp3) is 0.300. The zero-order chi connectivity index (χ0) is 16.9. The molecule has 0 aliphatic heterocycles. The molecule has 1 atom stereocenters. The van der Waals surface area contributed by atoms with Crippen molar-refractivity contribution in [3.63, 3.8) is 0 Å². The summed E-state index contributed by atoms with van der Waals surface area (Å²) in [5.74, 6) is 1.38. The fourth-order valence-electron chi connectivity index (χ4n) is 2.66. The summed E-state index contributed by atoms with van der Waals surface area (Å²) in [4.78, 5) is 16.7. The first-order valence-corrected chi connectivity index (χ1v) is 8.36. The maximum Gasteiger partial charge on any atom is 0.261 e. The van der Waals surface area contributed by atoms with E-state index >= 15 is 0 Å². The first kappa shape index (κ1) is 16.2. The van der Waals surface area contributed by atoms with Gasteiger partial charge in [-0.1, -0.05) is 38.1 Å². The zero-order valence-corrected chi connectivity index (χ0v) is 14.1. The molecule has 1 unspecified atom stereocenters. The molecule has 0 bridgehead atoms. The van der Waals surface area contributed by atoms with E-state index in [1.807, 2.05) is 30.3 Å². The van der Waals surface area contributed by atoms with Crippen LogP contribution in [0.5, 0.6) is 5.75 Å². The first-order chi connectivity index (χ1) is 11.7. The number of fused-ring (bicyclic) bond motifs is 1. The van der Waals surface area contributed by atoms with E-state index in [0.29, 0.717) is 24.5 Å². The van der Waals surface area contributed by atoms with Crippen LogP contribution in [0.4, 0.5) is 0 Å². The highest BCUT2D eigenvalue weighted by atomic mass is 16.5. The van der Waals surface area contributed by atoms with E-state index in [4.69, 9.17) is 4.74 Å². The molecule has 0 fully saturated rings. The average Bonchev–Trinajstić information content (AvgIpc) is 2.64. The summed E-state index contributed by atoms with van der Waals surface area (Å²) in [6.07, 6.45) is 2.71. The van der Waals surface area contributed by atoms with Crippen LogP contribution in [-0.2, 0) is 6.54 Å². The first-order valence-electron chi connectivity index (χ1n) is 8.36. The van der Waals surface area contributed by atoms with Gasteiger partial charge in [-0.25, -0.2) is 4.98 Å². The van der Waals surface area contributed by atoms with Crippen LogP contribution < -0.4 is 10.3 Å². The molecule has 2 aromatic carbocycles. The minimum Gasteiger partial charge on any atom is -0.492 e. The summed E-state index contributed by atoms with van der Waals surface area (Å²) in [7, 11) is 0. The monoisotopic (exact) mass is 322 g/mol. The van der Waals surface area contributed by atoms with Crippen LogP contribution in [0.25, 0.3) is 10.9 Å². The largest absolute Gasteiger partial charge is 0.492 e. The predicted molar refractivity (Wildman–Crippen MR) is 96.6 cm³/mol. The Hall–Kier alpha value is -2.62. The van der Waals surface area contributed by atoms with Crippen molar-refractivity contribution in [2.24, 2.45) is 0 Å². The lowest BCUT2D eigenvalue weighted by atomic mass is 9.99. The molecule has 0 N–H and O–H groups in total. The van der Waals surface area contributed by atoms with Gasteiger partial charge in [0.05, 0.1) is 23.8 Å². The lowest BCUT2D eigenvalue weighted by Gasteiger charge is -2.11. The van der Waals surface area contributed by atoms with Gasteiger partial charge in [-0.3, -0.25) is 9.36 Å². The summed E-state index contributed by atoms with van der Waals surface area (Å²) in [5.41, 5.74) is 2.01. The second-order valence-electron chi connectivity index (χ2n) is 5.99. The lowest BCUT2D eigenvalue weighted by molar-refractivity contribution is 0.296. The van der Waals surface area contributed by atoms with Crippen LogP contribution in [0, 0.1) is 0 Å². The minimum absolute atomic E-state index is 0.0312. The third-order valence-electron chi connectivity index (χ3n) is 4.39. The molecule has 1 heterocycles. The normalized spacial score (nSPS) is 12.2. The molecule has 0 radical (unpaired) electrons. The molecule has 0 spiro atoms. The molecule has 3 aromatic rings. The quantitative estimate of drug-likeness (QED) is 0.689. The molecule has 24 heavy (non-hydrogen) atoms. The zero-order valence-electron chi connectivity index (χ0n) is 14.1. The Morgan fingerprint density at radius 1 is 1.12 bits per heavy atom. The second-order valence-corrected chi connectivity index (χ2v) is 5.99. The number of aromatic nitrogens is 2. The topological polar surface area (TPSA) is 44.1 Å². The van der Waals surface area contributed by atoms with Crippen molar-refractivity contribution in [2.45, 2.75) is 32.7 Å². The predicted octanol–water partition coefficient (Wildman–Crippen LogP) is 3.99. The highest BCUT2D eigenvalue weighted by Crippen LogP contribution is 2.21. The van der Waals surface area contributed by atoms with Crippen molar-refractivity contribution in [1.82, 2.24) is 9.55 Å². The van der Waals surface area contributed by atoms with Gasteiger partial charge in [0, 0.05) is 0 Å². The summed E-state index contributed by atoms with van der Waals surface area (Å²) in [6, 6.07) is 15.6. The van der Waals surface area contributed by atoms with Crippen molar-refractivity contribution < 1.29 is 4.74 Å². The Labute approximate surface area is 141 Å². The van der Waals surface area contributed by atoms with Crippen LogP contribution in [0.2, 0.25) is 0 Å². The SMILES string of the molecule is CCC(C)c1ccc(OCCn2cnc3ccccc3c2=O)cc1. The third-order valence-corrected chi connectivity index (χ3v) is 4.39. The van der Waals surface area contributed by atoms with E-state index in [1.165, 1.54) is 5.56 Å². The van der Waals surface area contributed by atoms with Gasteiger partial charge < -0.3 is 4.74 Å². The number of nitrogens with zero attached hydrogens (tertiary/aromatic N) is 2. The van der Waals surface area contributed by atoms with Crippen LogP contribution in [0.1, 0.15) is 31.7 Å². The number of hydrogen-bond acceptors (Lipinski definition) is 3. The van der Waals surface area contributed by atoms with E-state index in [9.17, 15) is 4.79 Å². The molecular weight excluding hydrogens is 300 g/mol. The number of ether oxygens (including phenoxy) is 1. The van der Waals surface area contributed by atoms with Gasteiger partial charge >= 0.3 is 0 Å². The van der Waals surface area contributed by atoms with Crippen molar-refractivity contribution in [3.8, 4) is 5.75 Å². The molecular formula is C20H22N2O2. The Balaban J connectivity index is 1.64. The molecule has 0 aliphatic carbocycles. The highest BCUT2D eigenvalue weighted by molar-refractivity contribution is 5.76. The van der Waals surface area contributed by atoms with Crippen LogP contribution in [-0.4, -0.2) is 16.2 Å². The maximum atomic E-state index is 12.4. The second kappa shape index (κ2) is 7.30. The highest BCUT2D eigenvalue weighted by Gasteiger charge is 2.05. The summed E-state index contributed by atoms with van der Waals surface area (Å²) in [6.45, 7) is 5.31. The van der Waals surface area contributed by atoms with Crippen LogP contribution >= 0.6 is 0 Å². The Morgan fingerprint density at radius 2 is 1.88 bits per heavy atom. The van der Waals surface area contributed by atoms with E-state index in [0.717, 1.165) is 17.7 Å². The van der Waals surface area contributed by atoms with E-state index in [1.54, 1.807) is 17.0 Å². The van der Waals surface area contributed by atoms with E-state index in [-0.39, 0.29) is 5.56 Å². The average molecular weight is 322 g/mol. The standard InChI is InChI=1S/C20H22N2O2/c1-3-15(2)16-8-10-17(11-9-16)24-13-12-22-14-21-19-7-5-4-6-18(19)20(22)23/h4-11,14-15H,3,12-13H2,1-2H3. The summed E-state index contributed by atoms with van der Waals surface area (Å²) < 4.78 is 7.35. The Bertz CT molecular complexity index is 869. The molecule has 124 valence electrons. The van der Waals surface area contributed by atoms with Gasteiger partial charge in [-0.15, -0.1) is 0 Å². The van der Waals surface area contributed by atoms with Crippen LogP contribution in [0.3, 0.4) is 0 Å². The van der Waals surface area contributed by atoms with E-state index in [2.05, 4.69) is 31.0 Å². The molecule has 4 heteroatoms. The molecule has 3 rings (SSSR count). The van der Waals surface area contributed by atoms with Gasteiger partial charge in [-0.2, -0.15) is 0 Å². The van der Waals surface area contributed by atoms with Crippen molar-refractivity contribution >= 4 is 10.9 Å². The van der Waals surface area contributed by atoms with Crippen LogP contribution in [0.15, 0.2) is 59.7 Å². The third kappa shape index (κ3) is 3.48. The van der Waals surface area contributed by atoms with Gasteiger partial charge in [0.15, 0.2) is 0 Å². The van der Waals surface area contributed by atoms with Crippen molar-refractivity contribution in [2.75, 3.05) is 6.61 Å².